The number of hydrogen-bond acceptors (Lipinski definition) is 2. The van der Waals surface area contributed by atoms with Gasteiger partial charge in [0.05, 0.1) is 0 Å². The Bertz CT molecular complexity index is 94.0. The molecule has 0 aromatic heterocycles. The van der Waals surface area contributed by atoms with Gasteiger partial charge in [0.15, 0.2) is 0 Å². The van der Waals surface area contributed by atoms with Crippen molar-refractivity contribution < 1.29 is 9.59 Å². The highest BCUT2D eigenvalue weighted by Crippen LogP contribution is 1.83. The molecule has 0 rings (SSSR count). The number of hydrogen-bond donors (Lipinski definition) is 1. The van der Waals surface area contributed by atoms with Crippen molar-refractivity contribution in [3.05, 3.63) is 0 Å². The molecule has 0 heterocycles. The molecule has 46 valence electrons. The SMILES string of the molecule is O=CCCC(=O)NCl. The largest absolute Gasteiger partial charge is 0.303 e. The molecule has 0 bridgehead atoms. The van der Waals surface area contributed by atoms with E-state index in [1.807, 2.05) is 4.84 Å². The highest BCUT2D eigenvalue weighted by atomic mass is 35.5. The fraction of sp³-hybridized carbons (Fsp3) is 0.500. The van der Waals surface area contributed by atoms with Gasteiger partial charge in [0.1, 0.15) is 6.29 Å². The van der Waals surface area contributed by atoms with E-state index in [-0.39, 0.29) is 18.7 Å². The first-order valence-electron chi connectivity index (χ1n) is 2.14. The summed E-state index contributed by atoms with van der Waals surface area (Å²) in [4.78, 5) is 21.6. The van der Waals surface area contributed by atoms with Gasteiger partial charge in [-0.3, -0.25) is 9.63 Å². The lowest BCUT2D eigenvalue weighted by Gasteiger charge is -1.88. The zero-order valence-corrected chi connectivity index (χ0v) is 4.94. The minimum atomic E-state index is -0.321. The number of nitrogens with one attached hydrogen (secondary N) is 1. The maximum absolute atomic E-state index is 10.2. The molecule has 4 heteroatoms. The Morgan fingerprint density at radius 2 is 2.38 bits per heavy atom. The first-order valence-corrected chi connectivity index (χ1v) is 2.52. The van der Waals surface area contributed by atoms with Crippen molar-refractivity contribution in [3.63, 3.8) is 0 Å². The van der Waals surface area contributed by atoms with Gasteiger partial charge in [0.25, 0.3) is 0 Å². The average molecular weight is 136 g/mol. The fourth-order valence-corrected chi connectivity index (χ4v) is 0.332. The molecule has 0 aromatic rings. The van der Waals surface area contributed by atoms with Gasteiger partial charge in [-0.05, 0) is 0 Å². The van der Waals surface area contributed by atoms with Crippen LogP contribution in [0, 0.1) is 0 Å². The van der Waals surface area contributed by atoms with Crippen LogP contribution < -0.4 is 4.84 Å². The molecule has 0 unspecified atom stereocenters. The van der Waals surface area contributed by atoms with E-state index in [2.05, 4.69) is 0 Å². The summed E-state index contributed by atoms with van der Waals surface area (Å²) in [6.45, 7) is 0. The zero-order chi connectivity index (χ0) is 6.41. The van der Waals surface area contributed by atoms with Gasteiger partial charge in [-0.1, -0.05) is 0 Å². The second kappa shape index (κ2) is 4.59. The van der Waals surface area contributed by atoms with Gasteiger partial charge < -0.3 is 4.79 Å². The van der Waals surface area contributed by atoms with Crippen LogP contribution in [0.25, 0.3) is 0 Å². The number of carbonyl (C=O) groups is 2. The fourth-order valence-electron chi connectivity index (χ4n) is 0.237. The van der Waals surface area contributed by atoms with Gasteiger partial charge in [0.2, 0.25) is 5.91 Å². The van der Waals surface area contributed by atoms with E-state index in [0.717, 1.165) is 0 Å². The summed E-state index contributed by atoms with van der Waals surface area (Å²) in [6, 6.07) is 0. The highest BCUT2D eigenvalue weighted by Gasteiger charge is 1.94. The van der Waals surface area contributed by atoms with Crippen molar-refractivity contribution >= 4 is 24.0 Å². The Balaban J connectivity index is 3.11. The van der Waals surface area contributed by atoms with E-state index in [1.54, 1.807) is 0 Å². The van der Waals surface area contributed by atoms with Crippen LogP contribution in [-0.2, 0) is 9.59 Å². The number of halogens is 1. The molecule has 0 atom stereocenters. The van der Waals surface area contributed by atoms with E-state index in [1.165, 1.54) is 0 Å². The summed E-state index contributed by atoms with van der Waals surface area (Å²) >= 11 is 4.87. The minimum Gasteiger partial charge on any atom is -0.303 e. The predicted octanol–water partition coefficient (Wildman–Crippen LogP) is 0.236. The molecule has 0 aliphatic carbocycles. The Hall–Kier alpha value is -0.570. The molecule has 0 aromatic carbocycles. The molecular weight excluding hydrogens is 130 g/mol. The lowest BCUT2D eigenvalue weighted by molar-refractivity contribution is -0.121. The highest BCUT2D eigenvalue weighted by molar-refractivity contribution is 6.21. The van der Waals surface area contributed by atoms with Gasteiger partial charge in [-0.2, -0.15) is 0 Å². The Kier molecular flexibility index (Phi) is 4.26. The van der Waals surface area contributed by atoms with Crippen LogP contribution in [0.2, 0.25) is 0 Å². The molecule has 0 radical (unpaired) electrons. The quantitative estimate of drug-likeness (QED) is 0.445. The molecular formula is C4H6ClNO2. The number of amides is 1. The maximum atomic E-state index is 10.2. The summed E-state index contributed by atoms with van der Waals surface area (Å²) in [5, 5.41) is 0. The van der Waals surface area contributed by atoms with Crippen molar-refractivity contribution in [3.8, 4) is 0 Å². The topological polar surface area (TPSA) is 46.2 Å². The summed E-state index contributed by atoms with van der Waals surface area (Å²) in [5.74, 6) is -0.321. The lowest BCUT2D eigenvalue weighted by Crippen LogP contribution is -2.11. The van der Waals surface area contributed by atoms with Gasteiger partial charge in [-0.15, -0.1) is 0 Å². The molecule has 8 heavy (non-hydrogen) atoms. The maximum Gasteiger partial charge on any atom is 0.234 e. The van der Waals surface area contributed by atoms with E-state index < -0.39 is 0 Å². The van der Waals surface area contributed by atoms with Gasteiger partial charge in [0, 0.05) is 24.6 Å². The van der Waals surface area contributed by atoms with E-state index in [0.29, 0.717) is 6.29 Å². The second-order valence-electron chi connectivity index (χ2n) is 1.22. The zero-order valence-electron chi connectivity index (χ0n) is 4.19. The minimum absolute atomic E-state index is 0.174. The Labute approximate surface area is 52.1 Å². The van der Waals surface area contributed by atoms with Crippen LogP contribution in [0.1, 0.15) is 12.8 Å². The standard InChI is InChI=1S/C4H6ClNO2/c5-6-4(8)2-1-3-7/h3H,1-2H2,(H,6,8). The normalized spacial score (nSPS) is 8.12. The van der Waals surface area contributed by atoms with Crippen molar-refractivity contribution in [1.82, 2.24) is 4.84 Å². The first kappa shape index (κ1) is 7.43. The number of carbonyl (C=O) groups excluding carboxylic acids is 2. The van der Waals surface area contributed by atoms with E-state index in [9.17, 15) is 9.59 Å². The summed E-state index contributed by atoms with van der Waals surface area (Å²) in [7, 11) is 0. The van der Waals surface area contributed by atoms with Crippen LogP contribution >= 0.6 is 11.8 Å². The molecule has 0 fully saturated rings. The van der Waals surface area contributed by atoms with Gasteiger partial charge in [-0.25, -0.2) is 0 Å². The predicted molar refractivity (Wildman–Crippen MR) is 29.3 cm³/mol. The molecule has 0 saturated heterocycles. The summed E-state index contributed by atoms with van der Waals surface area (Å²) in [5.41, 5.74) is 0. The first-order chi connectivity index (χ1) is 3.81. The Morgan fingerprint density at radius 3 is 2.75 bits per heavy atom. The van der Waals surface area contributed by atoms with E-state index in [4.69, 9.17) is 11.8 Å². The average Bonchev–Trinajstić information content (AvgIpc) is 1.83. The van der Waals surface area contributed by atoms with Crippen LogP contribution in [0.15, 0.2) is 0 Å². The Morgan fingerprint density at radius 1 is 1.75 bits per heavy atom. The third-order valence-corrected chi connectivity index (χ3v) is 0.805. The number of aldehydes is 1. The van der Waals surface area contributed by atoms with Crippen LogP contribution in [0.4, 0.5) is 0 Å². The third kappa shape index (κ3) is 3.61. The van der Waals surface area contributed by atoms with Crippen molar-refractivity contribution in [1.29, 1.82) is 0 Å². The van der Waals surface area contributed by atoms with Crippen LogP contribution in [-0.4, -0.2) is 12.2 Å². The molecule has 0 aliphatic heterocycles. The molecule has 0 saturated carbocycles. The van der Waals surface area contributed by atoms with E-state index >= 15 is 0 Å². The molecule has 3 nitrogen and oxygen atoms in total. The molecule has 1 amide bonds. The molecule has 1 N–H and O–H groups in total. The van der Waals surface area contributed by atoms with Crippen molar-refractivity contribution in [2.75, 3.05) is 0 Å². The summed E-state index contributed by atoms with van der Waals surface area (Å²) < 4.78 is 0. The lowest BCUT2D eigenvalue weighted by atomic mass is 10.3. The van der Waals surface area contributed by atoms with Crippen LogP contribution in [0.5, 0.6) is 0 Å². The van der Waals surface area contributed by atoms with Crippen molar-refractivity contribution in [2.24, 2.45) is 0 Å². The van der Waals surface area contributed by atoms with Gasteiger partial charge >= 0.3 is 0 Å². The molecule has 0 aliphatic rings. The monoisotopic (exact) mass is 135 g/mol. The van der Waals surface area contributed by atoms with Crippen LogP contribution in [0.3, 0.4) is 0 Å². The summed E-state index contributed by atoms with van der Waals surface area (Å²) in [6.07, 6.45) is 1.08. The second-order valence-corrected chi connectivity index (χ2v) is 1.41. The smallest absolute Gasteiger partial charge is 0.234 e. The number of rotatable bonds is 3. The molecule has 0 spiro atoms. The van der Waals surface area contributed by atoms with Crippen molar-refractivity contribution in [2.45, 2.75) is 12.8 Å². The third-order valence-electron chi connectivity index (χ3n) is 0.595.